The summed E-state index contributed by atoms with van der Waals surface area (Å²) in [7, 11) is 0. The fraction of sp³-hybridized carbons (Fsp3) is 0.250. The van der Waals surface area contributed by atoms with Crippen LogP contribution in [-0.2, 0) is 11.3 Å². The van der Waals surface area contributed by atoms with Gasteiger partial charge in [0.15, 0.2) is 0 Å². The van der Waals surface area contributed by atoms with E-state index >= 15 is 0 Å². The Morgan fingerprint density at radius 1 is 1.26 bits per heavy atom. The number of hydrogen-bond donors (Lipinski definition) is 1. The maximum Gasteiger partial charge on any atom is 0.254 e. The van der Waals surface area contributed by atoms with Crippen LogP contribution in [0.4, 0.5) is 0 Å². The van der Waals surface area contributed by atoms with Crippen LogP contribution < -0.4 is 5.32 Å². The molecule has 0 bridgehead atoms. The molecule has 31 heavy (non-hydrogen) atoms. The van der Waals surface area contributed by atoms with Gasteiger partial charge in [0.05, 0.1) is 27.7 Å². The van der Waals surface area contributed by atoms with Crippen molar-refractivity contribution in [2.45, 2.75) is 32.4 Å². The topological polar surface area (TPSA) is 86.1 Å². The van der Waals surface area contributed by atoms with E-state index in [-0.39, 0.29) is 11.8 Å². The van der Waals surface area contributed by atoms with Gasteiger partial charge in [0.25, 0.3) is 5.91 Å². The number of carbonyl (C=O) groups is 2. The molecule has 1 N–H and O–H groups in total. The average molecular weight is 431 g/mol. The lowest BCUT2D eigenvalue weighted by molar-refractivity contribution is -0.125. The Morgan fingerprint density at radius 2 is 2.06 bits per heavy atom. The summed E-state index contributed by atoms with van der Waals surface area (Å²) in [5.41, 5.74) is 5.83. The van der Waals surface area contributed by atoms with Crippen LogP contribution in [0.3, 0.4) is 0 Å². The number of hydrogen-bond acceptors (Lipinski definition) is 5. The predicted molar refractivity (Wildman–Crippen MR) is 119 cm³/mol. The van der Waals surface area contributed by atoms with E-state index in [0.29, 0.717) is 30.6 Å². The van der Waals surface area contributed by atoms with Crippen molar-refractivity contribution in [3.63, 3.8) is 0 Å². The molecular formula is C24H22N4O2S. The molecule has 0 aliphatic carbocycles. The summed E-state index contributed by atoms with van der Waals surface area (Å²) in [6, 6.07) is 16.2. The molecule has 156 valence electrons. The minimum atomic E-state index is -0.489. The van der Waals surface area contributed by atoms with E-state index in [2.05, 4.69) is 10.3 Å². The van der Waals surface area contributed by atoms with Crippen LogP contribution in [0.25, 0.3) is 10.4 Å². The Labute approximate surface area is 185 Å². The molecule has 1 saturated heterocycles. The third kappa shape index (κ3) is 4.49. The Bertz CT molecular complexity index is 1150. The number of nitriles is 1. The molecule has 1 aliphatic heterocycles. The molecule has 1 aromatic heterocycles. The molecule has 0 unspecified atom stereocenters. The first-order valence-corrected chi connectivity index (χ1v) is 11.0. The molecule has 2 amide bonds. The molecule has 2 heterocycles. The molecule has 1 fully saturated rings. The van der Waals surface area contributed by atoms with Crippen molar-refractivity contribution in [3.8, 4) is 16.5 Å². The summed E-state index contributed by atoms with van der Waals surface area (Å²) in [5, 5.41) is 12.0. The Kier molecular flexibility index (Phi) is 6.10. The molecular weight excluding hydrogens is 408 g/mol. The lowest BCUT2D eigenvalue weighted by Crippen LogP contribution is -2.45. The second-order valence-electron chi connectivity index (χ2n) is 7.53. The van der Waals surface area contributed by atoms with Crippen molar-refractivity contribution in [1.82, 2.24) is 15.2 Å². The Hall–Kier alpha value is -3.50. The molecule has 4 rings (SSSR count). The zero-order valence-corrected chi connectivity index (χ0v) is 18.0. The van der Waals surface area contributed by atoms with E-state index in [0.717, 1.165) is 28.1 Å². The molecule has 1 atom stereocenters. The summed E-state index contributed by atoms with van der Waals surface area (Å²) in [4.78, 5) is 32.8. The monoisotopic (exact) mass is 430 g/mol. The molecule has 7 heteroatoms. The first-order valence-electron chi connectivity index (χ1n) is 10.1. The zero-order valence-electron chi connectivity index (χ0n) is 17.2. The van der Waals surface area contributed by atoms with E-state index in [1.807, 2.05) is 42.8 Å². The highest BCUT2D eigenvalue weighted by Crippen LogP contribution is 2.27. The van der Waals surface area contributed by atoms with Gasteiger partial charge in [0.1, 0.15) is 6.04 Å². The number of thiazole rings is 1. The normalized spacial score (nSPS) is 15.5. The molecule has 1 aliphatic rings. The molecule has 0 spiro atoms. The van der Waals surface area contributed by atoms with Crippen molar-refractivity contribution < 1.29 is 9.59 Å². The fourth-order valence-corrected chi connectivity index (χ4v) is 4.64. The van der Waals surface area contributed by atoms with Gasteiger partial charge in [-0.2, -0.15) is 5.26 Å². The van der Waals surface area contributed by atoms with Gasteiger partial charge in [-0.3, -0.25) is 9.59 Å². The van der Waals surface area contributed by atoms with Gasteiger partial charge in [-0.1, -0.05) is 30.3 Å². The van der Waals surface area contributed by atoms with Gasteiger partial charge in [-0.25, -0.2) is 4.98 Å². The second-order valence-corrected chi connectivity index (χ2v) is 8.39. The van der Waals surface area contributed by atoms with Crippen LogP contribution in [0, 0.1) is 18.3 Å². The molecule has 0 radical (unpaired) electrons. The average Bonchev–Trinajstić information content (AvgIpc) is 3.46. The van der Waals surface area contributed by atoms with Crippen LogP contribution in [-0.4, -0.2) is 34.3 Å². The van der Waals surface area contributed by atoms with Gasteiger partial charge >= 0.3 is 0 Å². The van der Waals surface area contributed by atoms with E-state index in [9.17, 15) is 9.59 Å². The number of likely N-dealkylation sites (tertiary alicyclic amines) is 1. The smallest absolute Gasteiger partial charge is 0.254 e. The maximum absolute atomic E-state index is 12.9. The SMILES string of the molecule is Cc1ncsc1-c1ccc(CNC(=O)[C@@H]2CCCN2C(=O)c2cccc(C#N)c2)cc1. The quantitative estimate of drug-likeness (QED) is 0.665. The van der Waals surface area contributed by atoms with Crippen LogP contribution in [0.1, 0.15) is 40.0 Å². The zero-order chi connectivity index (χ0) is 21.8. The molecule has 0 saturated carbocycles. The maximum atomic E-state index is 12.9. The van der Waals surface area contributed by atoms with Crippen molar-refractivity contribution >= 4 is 23.2 Å². The third-order valence-corrected chi connectivity index (χ3v) is 6.46. The number of benzene rings is 2. The largest absolute Gasteiger partial charge is 0.350 e. The lowest BCUT2D eigenvalue weighted by Gasteiger charge is -2.24. The fourth-order valence-electron chi connectivity index (χ4n) is 3.83. The lowest BCUT2D eigenvalue weighted by atomic mass is 10.1. The van der Waals surface area contributed by atoms with Crippen molar-refractivity contribution in [2.75, 3.05) is 6.54 Å². The number of nitrogens with one attached hydrogen (secondary N) is 1. The first-order chi connectivity index (χ1) is 15.1. The highest BCUT2D eigenvalue weighted by Gasteiger charge is 2.34. The van der Waals surface area contributed by atoms with Gasteiger partial charge in [0.2, 0.25) is 5.91 Å². The molecule has 6 nitrogen and oxygen atoms in total. The van der Waals surface area contributed by atoms with E-state index in [1.165, 1.54) is 0 Å². The summed E-state index contributed by atoms with van der Waals surface area (Å²) in [6.07, 6.45) is 1.42. The Morgan fingerprint density at radius 3 is 2.77 bits per heavy atom. The van der Waals surface area contributed by atoms with E-state index in [1.54, 1.807) is 40.5 Å². The van der Waals surface area contributed by atoms with Crippen LogP contribution >= 0.6 is 11.3 Å². The van der Waals surface area contributed by atoms with Gasteiger partial charge in [0, 0.05) is 18.7 Å². The minimum absolute atomic E-state index is 0.148. The third-order valence-electron chi connectivity index (χ3n) is 5.48. The highest BCUT2D eigenvalue weighted by atomic mass is 32.1. The standard InChI is InChI=1S/C24H22N4O2S/c1-16-22(31-15-27-16)19-9-7-17(8-10-19)14-26-23(29)21-6-3-11-28(21)24(30)20-5-2-4-18(12-20)13-25/h2,4-5,7-10,12,15,21H,3,6,11,14H2,1H3,(H,26,29)/t21-/m0/s1. The van der Waals surface area contributed by atoms with Crippen LogP contribution in [0.15, 0.2) is 54.0 Å². The summed E-state index contributed by atoms with van der Waals surface area (Å²) in [5.74, 6) is -0.358. The molecule has 3 aromatic rings. The second kappa shape index (κ2) is 9.11. The Balaban J connectivity index is 1.39. The number of aromatic nitrogens is 1. The van der Waals surface area contributed by atoms with E-state index < -0.39 is 6.04 Å². The van der Waals surface area contributed by atoms with E-state index in [4.69, 9.17) is 5.26 Å². The summed E-state index contributed by atoms with van der Waals surface area (Å²) < 4.78 is 0. The molecule has 2 aromatic carbocycles. The number of carbonyl (C=O) groups excluding carboxylic acids is 2. The van der Waals surface area contributed by atoms with Gasteiger partial charge in [-0.05, 0) is 49.1 Å². The van der Waals surface area contributed by atoms with Crippen molar-refractivity contribution in [1.29, 1.82) is 5.26 Å². The van der Waals surface area contributed by atoms with Gasteiger partial charge in [-0.15, -0.1) is 11.3 Å². The number of amides is 2. The van der Waals surface area contributed by atoms with Crippen LogP contribution in [0.5, 0.6) is 0 Å². The predicted octanol–water partition coefficient (Wildman–Crippen LogP) is 3.91. The van der Waals surface area contributed by atoms with Crippen LogP contribution in [0.2, 0.25) is 0 Å². The van der Waals surface area contributed by atoms with Crippen molar-refractivity contribution in [3.05, 3.63) is 76.4 Å². The number of nitrogens with zero attached hydrogens (tertiary/aromatic N) is 3. The van der Waals surface area contributed by atoms with Crippen molar-refractivity contribution in [2.24, 2.45) is 0 Å². The minimum Gasteiger partial charge on any atom is -0.350 e. The van der Waals surface area contributed by atoms with Gasteiger partial charge < -0.3 is 10.2 Å². The highest BCUT2D eigenvalue weighted by molar-refractivity contribution is 7.13. The summed E-state index contributed by atoms with van der Waals surface area (Å²) in [6.45, 7) is 2.94. The first kappa shape index (κ1) is 20.8. The summed E-state index contributed by atoms with van der Waals surface area (Å²) >= 11 is 1.61. The number of aryl methyl sites for hydroxylation is 1. The number of rotatable bonds is 5.